The van der Waals surface area contributed by atoms with Crippen molar-refractivity contribution in [3.63, 3.8) is 0 Å². The van der Waals surface area contributed by atoms with Gasteiger partial charge in [-0.25, -0.2) is 13.6 Å². The minimum absolute atomic E-state index is 0.0367. The van der Waals surface area contributed by atoms with E-state index in [1.54, 1.807) is 25.5 Å². The van der Waals surface area contributed by atoms with Gasteiger partial charge >= 0.3 is 5.97 Å². The van der Waals surface area contributed by atoms with Gasteiger partial charge in [0.1, 0.15) is 10.8 Å². The van der Waals surface area contributed by atoms with Gasteiger partial charge in [0, 0.05) is 18.0 Å². The predicted octanol–water partition coefficient (Wildman–Crippen LogP) is 5.33. The van der Waals surface area contributed by atoms with E-state index in [-0.39, 0.29) is 24.0 Å². The van der Waals surface area contributed by atoms with E-state index in [1.807, 2.05) is 0 Å². The molecule has 8 nitrogen and oxygen atoms in total. The molecule has 3 aromatic rings. The van der Waals surface area contributed by atoms with Gasteiger partial charge in [-0.1, -0.05) is 18.7 Å². The lowest BCUT2D eigenvalue weighted by molar-refractivity contribution is -0.113. The number of nitrogens with zero attached hydrogens (tertiary/aromatic N) is 3. The molecule has 2 atom stereocenters. The van der Waals surface area contributed by atoms with Crippen molar-refractivity contribution in [2.75, 3.05) is 17.7 Å². The van der Waals surface area contributed by atoms with Crippen molar-refractivity contribution in [3.8, 4) is 5.75 Å². The minimum Gasteiger partial charge on any atom is -0.480 e. The maximum absolute atomic E-state index is 14.0. The third-order valence-electron chi connectivity index (χ3n) is 6.01. The number of ether oxygens (including phenoxy) is 2. The van der Waals surface area contributed by atoms with Crippen LogP contribution in [-0.2, 0) is 29.4 Å². The van der Waals surface area contributed by atoms with Gasteiger partial charge in [-0.2, -0.15) is 0 Å². The number of halogens is 2. The van der Waals surface area contributed by atoms with E-state index in [0.29, 0.717) is 27.5 Å². The molecule has 1 N–H and O–H groups in total. The first-order valence-electron chi connectivity index (χ1n) is 11.9. The molecule has 2 unspecified atom stereocenters. The lowest BCUT2D eigenvalue weighted by Gasteiger charge is -2.18. The number of carbonyl (C=O) groups is 2. The Hall–Kier alpha value is -2.99. The molecule has 1 aliphatic carbocycles. The first-order valence-corrected chi connectivity index (χ1v) is 13.7. The summed E-state index contributed by atoms with van der Waals surface area (Å²) in [7, 11) is 1.71. The second-order valence-corrected chi connectivity index (χ2v) is 10.9. The van der Waals surface area contributed by atoms with Crippen LogP contribution >= 0.6 is 23.1 Å². The van der Waals surface area contributed by atoms with Gasteiger partial charge in [0.25, 0.3) is 0 Å². The molecule has 37 heavy (non-hydrogen) atoms. The Kier molecular flexibility index (Phi) is 8.48. The molecule has 2 aromatic heterocycles. The number of hydrogen-bond acceptors (Lipinski definition) is 8. The molecule has 0 aliphatic heterocycles. The summed E-state index contributed by atoms with van der Waals surface area (Å²) in [4.78, 5) is 26.6. The van der Waals surface area contributed by atoms with Crippen LogP contribution in [0.25, 0.3) is 0 Å². The molecule has 0 spiro atoms. The van der Waals surface area contributed by atoms with Crippen LogP contribution in [-0.4, -0.2) is 39.0 Å². The molecule has 0 radical (unpaired) electrons. The smallest absolute Gasteiger partial charge is 0.341 e. The van der Waals surface area contributed by atoms with Crippen molar-refractivity contribution in [1.82, 2.24) is 14.8 Å². The third kappa shape index (κ3) is 6.12. The van der Waals surface area contributed by atoms with Crippen LogP contribution in [0.2, 0.25) is 0 Å². The zero-order chi connectivity index (χ0) is 26.7. The van der Waals surface area contributed by atoms with Gasteiger partial charge in [0.05, 0.1) is 17.9 Å². The highest BCUT2D eigenvalue weighted by atomic mass is 32.2. The molecule has 198 valence electrons. The number of benzene rings is 1. The maximum atomic E-state index is 14.0. The number of esters is 1. The van der Waals surface area contributed by atoms with Gasteiger partial charge in [0.15, 0.2) is 28.7 Å². The molecule has 12 heteroatoms. The van der Waals surface area contributed by atoms with Crippen molar-refractivity contribution in [2.24, 2.45) is 13.0 Å². The molecule has 4 rings (SSSR count). The summed E-state index contributed by atoms with van der Waals surface area (Å²) in [5.41, 5.74) is 1.45. The summed E-state index contributed by atoms with van der Waals surface area (Å²) in [5, 5.41) is 12.1. The molecule has 2 heterocycles. The zero-order valence-electron chi connectivity index (χ0n) is 21.0. The van der Waals surface area contributed by atoms with Crippen molar-refractivity contribution >= 4 is 40.0 Å². The molecular formula is C25H28F2N4O4S2. The number of hydrogen-bond donors (Lipinski definition) is 1. The Labute approximate surface area is 221 Å². The monoisotopic (exact) mass is 550 g/mol. The van der Waals surface area contributed by atoms with Crippen LogP contribution in [0.4, 0.5) is 13.8 Å². The molecular weight excluding hydrogens is 522 g/mol. The molecule has 1 aromatic carbocycles. The normalized spacial score (nSPS) is 15.7. The van der Waals surface area contributed by atoms with E-state index in [2.05, 4.69) is 22.4 Å². The summed E-state index contributed by atoms with van der Waals surface area (Å²) in [5.74, 6) is -1.34. The van der Waals surface area contributed by atoms with Crippen molar-refractivity contribution < 1.29 is 27.8 Å². The van der Waals surface area contributed by atoms with E-state index in [1.165, 1.54) is 29.2 Å². The van der Waals surface area contributed by atoms with Crippen LogP contribution in [0.5, 0.6) is 5.75 Å². The summed E-state index contributed by atoms with van der Waals surface area (Å²) in [6, 6.07) is 3.07. The first-order chi connectivity index (χ1) is 17.7. The summed E-state index contributed by atoms with van der Waals surface area (Å²) >= 11 is 2.61. The molecule has 0 bridgehead atoms. The fourth-order valence-electron chi connectivity index (χ4n) is 4.17. The lowest BCUT2D eigenvalue weighted by atomic mass is 9.88. The van der Waals surface area contributed by atoms with Gasteiger partial charge in [-0.15, -0.1) is 21.5 Å². The SMILES string of the molecule is CCOC(=O)c1c(NC(=O)CSc2nnc(C(C)Oc3ccc(F)cc3F)n2C)sc2c1CCC(C)C2. The van der Waals surface area contributed by atoms with E-state index in [9.17, 15) is 18.4 Å². The van der Waals surface area contributed by atoms with E-state index < -0.39 is 23.7 Å². The van der Waals surface area contributed by atoms with Gasteiger partial charge in [-0.3, -0.25) is 4.79 Å². The van der Waals surface area contributed by atoms with Gasteiger partial charge in [-0.05, 0) is 56.7 Å². The highest BCUT2D eigenvalue weighted by Gasteiger charge is 2.29. The average molecular weight is 551 g/mol. The lowest BCUT2D eigenvalue weighted by Crippen LogP contribution is -2.18. The Bertz CT molecular complexity index is 1310. The summed E-state index contributed by atoms with van der Waals surface area (Å²) < 4.78 is 39.6. The average Bonchev–Trinajstić information content (AvgIpc) is 3.38. The van der Waals surface area contributed by atoms with Crippen molar-refractivity contribution in [3.05, 3.63) is 51.7 Å². The highest BCUT2D eigenvalue weighted by molar-refractivity contribution is 7.99. The Morgan fingerprint density at radius 2 is 2.11 bits per heavy atom. The van der Waals surface area contributed by atoms with Gasteiger partial charge < -0.3 is 19.4 Å². The van der Waals surface area contributed by atoms with Gasteiger partial charge in [0.2, 0.25) is 5.91 Å². The van der Waals surface area contributed by atoms with Crippen LogP contribution in [0.3, 0.4) is 0 Å². The summed E-state index contributed by atoms with van der Waals surface area (Å²) in [6.45, 7) is 5.86. The fraction of sp³-hybridized carbons (Fsp3) is 0.440. The quantitative estimate of drug-likeness (QED) is 0.284. The van der Waals surface area contributed by atoms with Crippen molar-refractivity contribution in [1.29, 1.82) is 0 Å². The number of thioether (sulfide) groups is 1. The number of rotatable bonds is 9. The number of carbonyl (C=O) groups excluding carboxylic acids is 2. The molecule has 0 saturated heterocycles. The number of thiophene rings is 1. The van der Waals surface area contributed by atoms with Crippen LogP contribution < -0.4 is 10.1 Å². The number of anilines is 1. The Balaban J connectivity index is 1.42. The fourth-order valence-corrected chi connectivity index (χ4v) is 6.30. The Morgan fingerprint density at radius 3 is 2.84 bits per heavy atom. The minimum atomic E-state index is -0.813. The number of amides is 1. The molecule has 0 fully saturated rings. The molecule has 0 saturated carbocycles. The first kappa shape index (κ1) is 27.1. The molecule has 1 amide bonds. The Morgan fingerprint density at radius 1 is 1.32 bits per heavy atom. The number of nitrogens with one attached hydrogen (secondary N) is 1. The number of fused-ring (bicyclic) bond motifs is 1. The van der Waals surface area contributed by atoms with Crippen LogP contribution in [0.15, 0.2) is 23.4 Å². The van der Waals surface area contributed by atoms with Crippen LogP contribution in [0, 0.1) is 17.6 Å². The van der Waals surface area contributed by atoms with E-state index in [4.69, 9.17) is 9.47 Å². The second kappa shape index (κ2) is 11.6. The highest BCUT2D eigenvalue weighted by Crippen LogP contribution is 2.40. The van der Waals surface area contributed by atoms with Crippen LogP contribution in [0.1, 0.15) is 59.9 Å². The standard InChI is InChI=1S/C25H28F2N4O4S2/c1-5-34-24(33)21-16-8-6-13(2)10-19(16)37-23(21)28-20(32)12-36-25-30-29-22(31(25)4)14(3)35-18-9-7-15(26)11-17(18)27/h7,9,11,13-14H,5-6,8,10,12H2,1-4H3,(H,28,32). The van der Waals surface area contributed by atoms with Crippen molar-refractivity contribution in [2.45, 2.75) is 51.3 Å². The van der Waals surface area contributed by atoms with E-state index in [0.717, 1.165) is 41.8 Å². The summed E-state index contributed by atoms with van der Waals surface area (Å²) in [6.07, 6.45) is 1.98. The second-order valence-electron chi connectivity index (χ2n) is 8.85. The zero-order valence-corrected chi connectivity index (χ0v) is 22.6. The predicted molar refractivity (Wildman–Crippen MR) is 137 cm³/mol. The maximum Gasteiger partial charge on any atom is 0.341 e. The topological polar surface area (TPSA) is 95.3 Å². The molecule has 1 aliphatic rings. The largest absolute Gasteiger partial charge is 0.480 e. The third-order valence-corrected chi connectivity index (χ3v) is 8.20. The van der Waals surface area contributed by atoms with E-state index >= 15 is 0 Å². The number of aromatic nitrogens is 3.